The predicted octanol–water partition coefficient (Wildman–Crippen LogP) is 2.12. The minimum atomic E-state index is -0.746. The average molecular weight is 461 g/mol. The molecular formula is C23H29ClN4O4. The van der Waals surface area contributed by atoms with Gasteiger partial charge in [0.2, 0.25) is 0 Å². The van der Waals surface area contributed by atoms with Crippen LogP contribution in [0.4, 0.5) is 0 Å². The second kappa shape index (κ2) is 8.77. The van der Waals surface area contributed by atoms with Crippen LogP contribution < -0.4 is 15.2 Å². The van der Waals surface area contributed by atoms with Crippen LogP contribution in [-0.2, 0) is 27.9 Å². The van der Waals surface area contributed by atoms with E-state index in [4.69, 9.17) is 19.9 Å². The second-order valence-corrected chi connectivity index (χ2v) is 8.72. The molecule has 1 unspecified atom stereocenters. The minimum Gasteiger partial charge on any atom is -0.493 e. The molecule has 1 spiro atoms. The van der Waals surface area contributed by atoms with E-state index in [1.165, 1.54) is 11.1 Å². The summed E-state index contributed by atoms with van der Waals surface area (Å²) >= 11 is 0. The van der Waals surface area contributed by atoms with Crippen molar-refractivity contribution in [2.24, 2.45) is 5.73 Å². The van der Waals surface area contributed by atoms with Crippen molar-refractivity contribution in [2.45, 2.75) is 49.5 Å². The first kappa shape index (κ1) is 22.6. The number of nitrogens with two attached hydrogens (primary N) is 1. The Balaban J connectivity index is 0.00000245. The number of carbonyl (C=O) groups is 1. The van der Waals surface area contributed by atoms with E-state index in [0.717, 1.165) is 36.7 Å². The van der Waals surface area contributed by atoms with Crippen LogP contribution in [-0.4, -0.2) is 59.8 Å². The number of hydrogen-bond acceptors (Lipinski definition) is 7. The number of hydrogen-bond donors (Lipinski definition) is 2. The Morgan fingerprint density at radius 1 is 1.47 bits per heavy atom. The van der Waals surface area contributed by atoms with Gasteiger partial charge in [0.05, 0.1) is 18.9 Å². The Hall–Kier alpha value is -2.55. The van der Waals surface area contributed by atoms with Crippen LogP contribution in [0.15, 0.2) is 36.8 Å². The number of carbonyl (C=O) groups excluding carboxylic acids is 1. The summed E-state index contributed by atoms with van der Waals surface area (Å²) in [7, 11) is 3.81. The molecule has 0 amide bonds. The van der Waals surface area contributed by atoms with Crippen molar-refractivity contribution < 1.29 is 19.0 Å². The summed E-state index contributed by atoms with van der Waals surface area (Å²) in [6, 6.07) is 3.37. The smallest absolute Gasteiger partial charge is 0.323 e. The van der Waals surface area contributed by atoms with E-state index >= 15 is 0 Å². The lowest BCUT2D eigenvalue weighted by Gasteiger charge is -2.37. The highest BCUT2D eigenvalue weighted by atomic mass is 35.5. The molecule has 0 saturated heterocycles. The summed E-state index contributed by atoms with van der Waals surface area (Å²) in [6.45, 7) is 1.83. The molecule has 1 aliphatic carbocycles. The Bertz CT molecular complexity index is 1010. The molecule has 9 heteroatoms. The van der Waals surface area contributed by atoms with E-state index in [9.17, 15) is 4.79 Å². The summed E-state index contributed by atoms with van der Waals surface area (Å²) in [6.07, 6.45) is 8.82. The van der Waals surface area contributed by atoms with Gasteiger partial charge in [-0.05, 0) is 37.7 Å². The average Bonchev–Trinajstić information content (AvgIpc) is 3.35. The number of nitrogens with zero attached hydrogens (tertiary/aromatic N) is 2. The van der Waals surface area contributed by atoms with Crippen molar-refractivity contribution in [1.82, 2.24) is 14.9 Å². The van der Waals surface area contributed by atoms with Crippen LogP contribution in [0, 0.1) is 0 Å². The first-order valence-corrected chi connectivity index (χ1v) is 10.7. The van der Waals surface area contributed by atoms with E-state index in [2.05, 4.69) is 34.1 Å². The number of aromatic amines is 1. The molecule has 3 heterocycles. The third-order valence-corrected chi connectivity index (χ3v) is 6.69. The minimum absolute atomic E-state index is 0. The number of imidazole rings is 1. The number of ether oxygens (including phenoxy) is 3. The van der Waals surface area contributed by atoms with Gasteiger partial charge in [0.25, 0.3) is 0 Å². The molecule has 0 saturated carbocycles. The molecule has 172 valence electrons. The van der Waals surface area contributed by atoms with Gasteiger partial charge < -0.3 is 29.8 Å². The Kier molecular flexibility index (Phi) is 6.20. The highest BCUT2D eigenvalue weighted by Gasteiger charge is 2.53. The maximum atomic E-state index is 12.6. The number of nitrogens with one attached hydrogen (secondary N) is 1. The van der Waals surface area contributed by atoms with Crippen molar-refractivity contribution in [1.29, 1.82) is 0 Å². The molecule has 0 bridgehead atoms. The lowest BCUT2D eigenvalue weighted by Crippen LogP contribution is -2.45. The summed E-state index contributed by atoms with van der Waals surface area (Å²) in [4.78, 5) is 21.8. The molecule has 0 fully saturated rings. The fourth-order valence-electron chi connectivity index (χ4n) is 5.11. The largest absolute Gasteiger partial charge is 0.493 e. The van der Waals surface area contributed by atoms with Crippen molar-refractivity contribution in [3.05, 3.63) is 53.6 Å². The van der Waals surface area contributed by atoms with Gasteiger partial charge in [0.1, 0.15) is 18.2 Å². The van der Waals surface area contributed by atoms with Crippen molar-refractivity contribution in [2.75, 3.05) is 20.7 Å². The molecule has 2 aromatic rings. The molecule has 0 radical (unpaired) electrons. The van der Waals surface area contributed by atoms with Crippen LogP contribution in [0.3, 0.4) is 0 Å². The van der Waals surface area contributed by atoms with Crippen molar-refractivity contribution >= 4 is 18.4 Å². The highest BCUT2D eigenvalue weighted by molar-refractivity contribution is 5.85. The van der Waals surface area contributed by atoms with Crippen LogP contribution in [0.2, 0.25) is 0 Å². The van der Waals surface area contributed by atoms with Gasteiger partial charge in [0, 0.05) is 36.8 Å². The van der Waals surface area contributed by atoms with Gasteiger partial charge in [-0.15, -0.1) is 12.4 Å². The van der Waals surface area contributed by atoms with E-state index in [0.29, 0.717) is 12.8 Å². The standard InChI is InChI=1S/C23H28N4O4.ClH/c1-27-8-7-23-6-5-16(30-22(28)17(24)9-15-11-25-13-26-15)10-19(23)31-21-18(29-2)4-3-14(12-27)20(21)23;/h3-6,11,13,16-17,19H,7-10,12,24H2,1-2H3,(H,25,26);1H/t16-,17-,19-,23?;/m0./s1. The summed E-state index contributed by atoms with van der Waals surface area (Å²) in [5.41, 5.74) is 9.11. The van der Waals surface area contributed by atoms with E-state index < -0.39 is 12.0 Å². The third-order valence-electron chi connectivity index (χ3n) is 6.69. The Labute approximate surface area is 193 Å². The van der Waals surface area contributed by atoms with Crippen LogP contribution in [0.25, 0.3) is 0 Å². The Morgan fingerprint density at radius 2 is 2.31 bits per heavy atom. The number of benzene rings is 1. The van der Waals surface area contributed by atoms with Gasteiger partial charge >= 0.3 is 5.97 Å². The highest BCUT2D eigenvalue weighted by Crippen LogP contribution is 2.55. The van der Waals surface area contributed by atoms with Gasteiger partial charge in [-0.3, -0.25) is 4.79 Å². The normalized spacial score (nSPS) is 26.7. The van der Waals surface area contributed by atoms with Crippen LogP contribution in [0.5, 0.6) is 11.5 Å². The first-order chi connectivity index (χ1) is 15.0. The molecule has 8 nitrogen and oxygen atoms in total. The zero-order valence-corrected chi connectivity index (χ0v) is 19.1. The topological polar surface area (TPSA) is 103 Å². The molecule has 2 aliphatic heterocycles. The zero-order valence-electron chi connectivity index (χ0n) is 18.2. The molecule has 3 aliphatic rings. The monoisotopic (exact) mass is 460 g/mol. The number of aromatic nitrogens is 2. The molecule has 1 aromatic carbocycles. The van der Waals surface area contributed by atoms with Crippen molar-refractivity contribution in [3.63, 3.8) is 0 Å². The van der Waals surface area contributed by atoms with E-state index in [-0.39, 0.29) is 30.0 Å². The maximum Gasteiger partial charge on any atom is 0.323 e. The molecule has 32 heavy (non-hydrogen) atoms. The number of esters is 1. The number of halogens is 1. The second-order valence-electron chi connectivity index (χ2n) is 8.72. The maximum absolute atomic E-state index is 12.6. The number of H-pyrrole nitrogens is 1. The Morgan fingerprint density at radius 3 is 3.06 bits per heavy atom. The first-order valence-electron chi connectivity index (χ1n) is 10.7. The summed E-state index contributed by atoms with van der Waals surface area (Å²) in [5.74, 6) is 1.16. The predicted molar refractivity (Wildman–Crippen MR) is 121 cm³/mol. The van der Waals surface area contributed by atoms with Gasteiger partial charge in [0.15, 0.2) is 11.5 Å². The molecule has 3 N–H and O–H groups in total. The lowest BCUT2D eigenvalue weighted by atomic mass is 9.69. The fraction of sp³-hybridized carbons (Fsp3) is 0.478. The SMILES string of the molecule is COc1ccc2c3c1O[C@H]1C[C@@H](OC(=O)[C@@H](N)Cc4cnc[nH]4)C=CC31CCN(C)C2.Cl. The molecule has 4 atom stereocenters. The number of methoxy groups -OCH3 is 1. The third kappa shape index (κ3) is 3.76. The van der Waals surface area contributed by atoms with Crippen LogP contribution in [0.1, 0.15) is 29.7 Å². The zero-order chi connectivity index (χ0) is 21.6. The quantitative estimate of drug-likeness (QED) is 0.520. The van der Waals surface area contributed by atoms with E-state index in [1.807, 2.05) is 12.1 Å². The molecular weight excluding hydrogens is 432 g/mol. The lowest BCUT2D eigenvalue weighted by molar-refractivity contribution is -0.150. The van der Waals surface area contributed by atoms with Gasteiger partial charge in [-0.25, -0.2) is 4.98 Å². The van der Waals surface area contributed by atoms with Crippen molar-refractivity contribution in [3.8, 4) is 11.5 Å². The van der Waals surface area contributed by atoms with Gasteiger partial charge in [-0.2, -0.15) is 0 Å². The van der Waals surface area contributed by atoms with Crippen LogP contribution >= 0.6 is 12.4 Å². The van der Waals surface area contributed by atoms with Gasteiger partial charge in [-0.1, -0.05) is 12.1 Å². The number of rotatable bonds is 5. The summed E-state index contributed by atoms with van der Waals surface area (Å²) < 4.78 is 17.8. The molecule has 5 rings (SSSR count). The fourth-order valence-corrected chi connectivity index (χ4v) is 5.11. The summed E-state index contributed by atoms with van der Waals surface area (Å²) in [5, 5.41) is 0. The van der Waals surface area contributed by atoms with E-state index in [1.54, 1.807) is 19.6 Å². The molecule has 1 aromatic heterocycles.